The number of carbonyl (C=O) groups excluding carboxylic acids is 1. The van der Waals surface area contributed by atoms with Crippen LogP contribution < -0.4 is 10.1 Å². The molecule has 0 aliphatic carbocycles. The van der Waals surface area contributed by atoms with Gasteiger partial charge in [-0.1, -0.05) is 6.92 Å². The molecule has 5 heteroatoms. The van der Waals surface area contributed by atoms with Gasteiger partial charge in [0.25, 0.3) is 5.91 Å². The second-order valence-electron chi connectivity index (χ2n) is 4.83. The van der Waals surface area contributed by atoms with Crippen LogP contribution in [0.2, 0.25) is 0 Å². The van der Waals surface area contributed by atoms with E-state index < -0.39 is 5.97 Å². The standard InChI is InChI=1S/C14H17NO4/c1-9(6-13(16)17)8-15-14(18)11-2-3-12-10(7-11)4-5-19-12/h2-3,7,9H,4-6,8H2,1H3,(H,15,18)(H,16,17). The Morgan fingerprint density at radius 3 is 3.00 bits per heavy atom. The topological polar surface area (TPSA) is 75.6 Å². The lowest BCUT2D eigenvalue weighted by molar-refractivity contribution is -0.137. The Morgan fingerprint density at radius 1 is 1.47 bits per heavy atom. The zero-order chi connectivity index (χ0) is 13.8. The van der Waals surface area contributed by atoms with Crippen molar-refractivity contribution in [1.29, 1.82) is 0 Å². The van der Waals surface area contributed by atoms with E-state index >= 15 is 0 Å². The highest BCUT2D eigenvalue weighted by Gasteiger charge is 2.15. The molecular weight excluding hydrogens is 246 g/mol. The highest BCUT2D eigenvalue weighted by molar-refractivity contribution is 5.94. The Hall–Kier alpha value is -2.04. The molecule has 1 unspecified atom stereocenters. The first-order chi connectivity index (χ1) is 9.06. The maximum absolute atomic E-state index is 11.9. The average Bonchev–Trinajstić information content (AvgIpc) is 2.82. The van der Waals surface area contributed by atoms with Crippen molar-refractivity contribution in [3.05, 3.63) is 29.3 Å². The normalized spacial score (nSPS) is 14.4. The van der Waals surface area contributed by atoms with E-state index in [1.54, 1.807) is 19.1 Å². The Kier molecular flexibility index (Phi) is 4.04. The van der Waals surface area contributed by atoms with Crippen LogP contribution in [0.5, 0.6) is 5.75 Å². The average molecular weight is 263 g/mol. The zero-order valence-corrected chi connectivity index (χ0v) is 10.8. The summed E-state index contributed by atoms with van der Waals surface area (Å²) in [6, 6.07) is 5.36. The van der Waals surface area contributed by atoms with E-state index in [1.165, 1.54) is 0 Å². The van der Waals surface area contributed by atoms with E-state index in [-0.39, 0.29) is 18.2 Å². The van der Waals surface area contributed by atoms with Gasteiger partial charge in [0.05, 0.1) is 6.61 Å². The lowest BCUT2D eigenvalue weighted by Crippen LogP contribution is -2.29. The van der Waals surface area contributed by atoms with Crippen LogP contribution in [-0.2, 0) is 11.2 Å². The third-order valence-corrected chi connectivity index (χ3v) is 3.09. The first-order valence-corrected chi connectivity index (χ1v) is 6.32. The van der Waals surface area contributed by atoms with Crippen LogP contribution in [0.1, 0.15) is 29.3 Å². The summed E-state index contributed by atoms with van der Waals surface area (Å²) in [5.41, 5.74) is 1.64. The largest absolute Gasteiger partial charge is 0.493 e. The molecule has 1 atom stereocenters. The number of carboxylic acids is 1. The van der Waals surface area contributed by atoms with E-state index in [9.17, 15) is 9.59 Å². The minimum atomic E-state index is -0.851. The van der Waals surface area contributed by atoms with Gasteiger partial charge in [0.15, 0.2) is 0 Å². The number of hydrogen-bond acceptors (Lipinski definition) is 3. The molecule has 1 heterocycles. The molecule has 1 aromatic carbocycles. The molecule has 19 heavy (non-hydrogen) atoms. The number of hydrogen-bond donors (Lipinski definition) is 2. The smallest absolute Gasteiger partial charge is 0.303 e. The summed E-state index contributed by atoms with van der Waals surface area (Å²) >= 11 is 0. The van der Waals surface area contributed by atoms with Gasteiger partial charge in [-0.3, -0.25) is 9.59 Å². The number of aliphatic carboxylic acids is 1. The van der Waals surface area contributed by atoms with E-state index in [4.69, 9.17) is 9.84 Å². The highest BCUT2D eigenvalue weighted by atomic mass is 16.5. The van der Waals surface area contributed by atoms with Gasteiger partial charge >= 0.3 is 5.97 Å². The molecular formula is C14H17NO4. The summed E-state index contributed by atoms with van der Waals surface area (Å²) in [5, 5.41) is 11.4. The molecule has 0 radical (unpaired) electrons. The third-order valence-electron chi connectivity index (χ3n) is 3.09. The van der Waals surface area contributed by atoms with Crippen molar-refractivity contribution >= 4 is 11.9 Å². The first-order valence-electron chi connectivity index (χ1n) is 6.32. The van der Waals surface area contributed by atoms with E-state index in [1.807, 2.05) is 6.07 Å². The van der Waals surface area contributed by atoms with E-state index in [0.717, 1.165) is 17.7 Å². The van der Waals surface area contributed by atoms with Gasteiger partial charge in [0.2, 0.25) is 0 Å². The van der Waals surface area contributed by atoms with Crippen molar-refractivity contribution in [2.24, 2.45) is 5.92 Å². The zero-order valence-electron chi connectivity index (χ0n) is 10.8. The van der Waals surface area contributed by atoms with E-state index in [2.05, 4.69) is 5.32 Å². The SMILES string of the molecule is CC(CNC(=O)c1ccc2c(c1)CCO2)CC(=O)O. The predicted molar refractivity (Wildman–Crippen MR) is 69.4 cm³/mol. The highest BCUT2D eigenvalue weighted by Crippen LogP contribution is 2.25. The fourth-order valence-corrected chi connectivity index (χ4v) is 2.07. The molecule has 0 saturated carbocycles. The van der Waals surface area contributed by atoms with Crippen molar-refractivity contribution in [2.45, 2.75) is 19.8 Å². The van der Waals surface area contributed by atoms with Crippen LogP contribution in [-0.4, -0.2) is 30.1 Å². The molecule has 1 aromatic rings. The summed E-state index contributed by atoms with van der Waals surface area (Å²) in [5.74, 6) is -0.265. The summed E-state index contributed by atoms with van der Waals surface area (Å²) in [6.45, 7) is 2.82. The van der Waals surface area contributed by atoms with Crippen LogP contribution in [0, 0.1) is 5.92 Å². The van der Waals surface area contributed by atoms with Crippen LogP contribution in [0.25, 0.3) is 0 Å². The molecule has 1 aliphatic heterocycles. The van der Waals surface area contributed by atoms with Crippen molar-refractivity contribution in [1.82, 2.24) is 5.32 Å². The summed E-state index contributed by atoms with van der Waals surface area (Å²) < 4.78 is 5.38. The van der Waals surface area contributed by atoms with Crippen LogP contribution in [0.3, 0.4) is 0 Å². The lowest BCUT2D eigenvalue weighted by Gasteiger charge is -2.10. The Labute approximate surface area is 111 Å². The predicted octanol–water partition coefficient (Wildman–Crippen LogP) is 1.46. The second kappa shape index (κ2) is 5.73. The molecule has 102 valence electrons. The van der Waals surface area contributed by atoms with Crippen LogP contribution in [0.4, 0.5) is 0 Å². The molecule has 0 fully saturated rings. The molecule has 0 spiro atoms. The molecule has 2 N–H and O–H groups in total. The van der Waals surface area contributed by atoms with Gasteiger partial charge in [-0.15, -0.1) is 0 Å². The van der Waals surface area contributed by atoms with Crippen LogP contribution >= 0.6 is 0 Å². The minimum absolute atomic E-state index is 0.0539. The summed E-state index contributed by atoms with van der Waals surface area (Å²) in [6.07, 6.45) is 0.879. The molecule has 5 nitrogen and oxygen atoms in total. The number of carboxylic acid groups (broad SMARTS) is 1. The quantitative estimate of drug-likeness (QED) is 0.843. The molecule has 0 bridgehead atoms. The second-order valence-corrected chi connectivity index (χ2v) is 4.83. The molecule has 0 saturated heterocycles. The lowest BCUT2D eigenvalue weighted by atomic mass is 10.1. The monoisotopic (exact) mass is 263 g/mol. The van der Waals surface area contributed by atoms with Gasteiger partial charge in [-0.25, -0.2) is 0 Å². The number of fused-ring (bicyclic) bond motifs is 1. The van der Waals surface area contributed by atoms with Crippen molar-refractivity contribution < 1.29 is 19.4 Å². The Balaban J connectivity index is 1.91. The molecule has 1 amide bonds. The third kappa shape index (κ3) is 3.47. The number of rotatable bonds is 5. The number of nitrogens with one attached hydrogen (secondary N) is 1. The van der Waals surface area contributed by atoms with Gasteiger partial charge in [0, 0.05) is 24.9 Å². The Bertz CT molecular complexity index is 498. The number of benzene rings is 1. The van der Waals surface area contributed by atoms with Crippen molar-refractivity contribution in [3.63, 3.8) is 0 Å². The van der Waals surface area contributed by atoms with Crippen LogP contribution in [0.15, 0.2) is 18.2 Å². The molecule has 0 aromatic heterocycles. The van der Waals surface area contributed by atoms with Gasteiger partial charge in [-0.2, -0.15) is 0 Å². The maximum Gasteiger partial charge on any atom is 0.303 e. The summed E-state index contributed by atoms with van der Waals surface area (Å²) in [7, 11) is 0. The number of ether oxygens (including phenoxy) is 1. The maximum atomic E-state index is 11.9. The molecule has 2 rings (SSSR count). The minimum Gasteiger partial charge on any atom is -0.493 e. The number of amides is 1. The van der Waals surface area contributed by atoms with Gasteiger partial charge < -0.3 is 15.2 Å². The van der Waals surface area contributed by atoms with Gasteiger partial charge in [-0.05, 0) is 29.7 Å². The number of carbonyl (C=O) groups is 2. The van der Waals surface area contributed by atoms with Gasteiger partial charge in [0.1, 0.15) is 5.75 Å². The summed E-state index contributed by atoms with van der Waals surface area (Å²) in [4.78, 5) is 22.5. The fourth-order valence-electron chi connectivity index (χ4n) is 2.07. The van der Waals surface area contributed by atoms with Crippen molar-refractivity contribution in [3.8, 4) is 5.75 Å². The molecule has 1 aliphatic rings. The van der Waals surface area contributed by atoms with E-state index in [0.29, 0.717) is 18.7 Å². The first kappa shape index (κ1) is 13.4. The Morgan fingerprint density at radius 2 is 2.26 bits per heavy atom. The fraction of sp³-hybridized carbons (Fsp3) is 0.429. The van der Waals surface area contributed by atoms with Crippen molar-refractivity contribution in [2.75, 3.05) is 13.2 Å².